The highest BCUT2D eigenvalue weighted by atomic mass is 32.1. The zero-order chi connectivity index (χ0) is 14.5. The van der Waals surface area contributed by atoms with Crippen molar-refractivity contribution >= 4 is 11.3 Å². The second-order valence-electron chi connectivity index (χ2n) is 4.38. The zero-order valence-electron chi connectivity index (χ0n) is 11.4. The number of thiazole rings is 1. The molecule has 0 spiro atoms. The van der Waals surface area contributed by atoms with Gasteiger partial charge in [0.2, 0.25) is 0 Å². The third kappa shape index (κ3) is 3.75. The average Bonchev–Trinajstić information content (AvgIpc) is 2.82. The molecule has 2 rings (SSSR count). The Kier molecular flexibility index (Phi) is 5.05. The Morgan fingerprint density at radius 2 is 2.00 bits per heavy atom. The maximum Gasteiger partial charge on any atom is 0.140 e. The molecule has 1 heterocycles. The van der Waals surface area contributed by atoms with Crippen LogP contribution in [-0.4, -0.2) is 12.1 Å². The first-order valence-electron chi connectivity index (χ1n) is 6.21. The molecule has 0 aliphatic heterocycles. The summed E-state index contributed by atoms with van der Waals surface area (Å²) in [5.41, 5.74) is 6.77. The first-order chi connectivity index (χ1) is 9.60. The third-order valence-corrected chi connectivity index (χ3v) is 3.91. The summed E-state index contributed by atoms with van der Waals surface area (Å²) in [6.07, 6.45) is 0. The van der Waals surface area contributed by atoms with Crippen molar-refractivity contribution in [2.75, 3.05) is 7.11 Å². The topological polar surface area (TPSA) is 57.4 Å². The fourth-order valence-electron chi connectivity index (χ4n) is 1.75. The summed E-state index contributed by atoms with van der Waals surface area (Å²) in [7, 11) is 1.62. The molecule has 0 saturated carbocycles. The van der Waals surface area contributed by atoms with Crippen molar-refractivity contribution in [1.82, 2.24) is 4.98 Å². The van der Waals surface area contributed by atoms with Gasteiger partial charge in [-0.2, -0.15) is 0 Å². The molecule has 1 aromatic heterocycles. The predicted molar refractivity (Wildman–Crippen MR) is 76.2 cm³/mol. The molecule has 1 aromatic carbocycles. The maximum absolute atomic E-state index is 12.8. The van der Waals surface area contributed by atoms with E-state index in [1.54, 1.807) is 19.2 Å². The maximum atomic E-state index is 12.8. The standard InChI is InChI=1S/C14H17FN2O2S/c1-9(16)14-12(7-18-2)17-13(20-14)8-19-11-5-3-10(15)4-6-11/h3-6,9H,7-8,16H2,1-2H3. The molecule has 0 aliphatic rings. The number of hydrogen-bond donors (Lipinski definition) is 1. The Hall–Kier alpha value is -1.50. The van der Waals surface area contributed by atoms with E-state index in [0.717, 1.165) is 15.6 Å². The lowest BCUT2D eigenvalue weighted by atomic mass is 10.2. The molecule has 1 unspecified atom stereocenters. The smallest absolute Gasteiger partial charge is 0.140 e. The van der Waals surface area contributed by atoms with Crippen LogP contribution >= 0.6 is 11.3 Å². The number of rotatable bonds is 6. The van der Waals surface area contributed by atoms with Crippen molar-refractivity contribution in [3.8, 4) is 5.75 Å². The Balaban J connectivity index is 2.05. The lowest BCUT2D eigenvalue weighted by Gasteiger charge is -2.03. The zero-order valence-corrected chi connectivity index (χ0v) is 12.2. The van der Waals surface area contributed by atoms with Gasteiger partial charge in [-0.15, -0.1) is 11.3 Å². The molecule has 4 nitrogen and oxygen atoms in total. The SMILES string of the molecule is COCc1nc(COc2ccc(F)cc2)sc1C(C)N. The predicted octanol–water partition coefficient (Wildman–Crippen LogP) is 3.03. The molecular weight excluding hydrogens is 279 g/mol. The van der Waals surface area contributed by atoms with E-state index in [1.165, 1.54) is 23.5 Å². The van der Waals surface area contributed by atoms with Crippen molar-refractivity contribution in [2.24, 2.45) is 5.73 Å². The summed E-state index contributed by atoms with van der Waals surface area (Å²) in [6.45, 7) is 2.68. The lowest BCUT2D eigenvalue weighted by Crippen LogP contribution is -2.06. The summed E-state index contributed by atoms with van der Waals surface area (Å²) >= 11 is 1.51. The Bertz CT molecular complexity index is 555. The van der Waals surface area contributed by atoms with E-state index in [4.69, 9.17) is 15.2 Å². The second kappa shape index (κ2) is 6.78. The molecule has 1 atom stereocenters. The van der Waals surface area contributed by atoms with Gasteiger partial charge in [0.15, 0.2) is 0 Å². The molecule has 0 radical (unpaired) electrons. The first-order valence-corrected chi connectivity index (χ1v) is 7.03. The molecule has 6 heteroatoms. The van der Waals surface area contributed by atoms with E-state index in [9.17, 15) is 4.39 Å². The van der Waals surface area contributed by atoms with Crippen LogP contribution in [0.1, 0.15) is 28.5 Å². The number of benzene rings is 1. The molecule has 0 fully saturated rings. The number of halogens is 1. The van der Waals surface area contributed by atoms with Crippen molar-refractivity contribution in [3.05, 3.63) is 45.7 Å². The summed E-state index contributed by atoms with van der Waals surface area (Å²) in [5.74, 6) is 0.325. The number of nitrogens with zero attached hydrogens (tertiary/aromatic N) is 1. The highest BCUT2D eigenvalue weighted by molar-refractivity contribution is 7.11. The Morgan fingerprint density at radius 1 is 1.30 bits per heavy atom. The number of aromatic nitrogens is 1. The molecule has 2 N–H and O–H groups in total. The van der Waals surface area contributed by atoms with Crippen LogP contribution in [0.25, 0.3) is 0 Å². The van der Waals surface area contributed by atoms with Gasteiger partial charge in [0, 0.05) is 18.0 Å². The highest BCUT2D eigenvalue weighted by Crippen LogP contribution is 2.25. The Morgan fingerprint density at radius 3 is 2.60 bits per heavy atom. The normalized spacial score (nSPS) is 12.4. The quantitative estimate of drug-likeness (QED) is 0.890. The summed E-state index contributed by atoms with van der Waals surface area (Å²) in [4.78, 5) is 5.47. The molecule has 108 valence electrons. The second-order valence-corrected chi connectivity index (χ2v) is 5.50. The first kappa shape index (κ1) is 14.9. The summed E-state index contributed by atoms with van der Waals surface area (Å²) in [6, 6.07) is 5.82. The van der Waals surface area contributed by atoms with Crippen LogP contribution in [-0.2, 0) is 18.0 Å². The fourth-order valence-corrected chi connectivity index (χ4v) is 2.68. The van der Waals surface area contributed by atoms with Gasteiger partial charge in [0.25, 0.3) is 0 Å². The number of ether oxygens (including phenoxy) is 2. The van der Waals surface area contributed by atoms with E-state index < -0.39 is 0 Å². The van der Waals surface area contributed by atoms with Gasteiger partial charge in [0.1, 0.15) is 23.2 Å². The van der Waals surface area contributed by atoms with Crippen LogP contribution in [0.15, 0.2) is 24.3 Å². The van der Waals surface area contributed by atoms with Crippen LogP contribution in [0, 0.1) is 5.82 Å². The van der Waals surface area contributed by atoms with Gasteiger partial charge < -0.3 is 15.2 Å². The van der Waals surface area contributed by atoms with Gasteiger partial charge in [-0.05, 0) is 31.2 Å². The average molecular weight is 296 g/mol. The van der Waals surface area contributed by atoms with Crippen molar-refractivity contribution in [3.63, 3.8) is 0 Å². The van der Waals surface area contributed by atoms with Crippen molar-refractivity contribution < 1.29 is 13.9 Å². The molecule has 0 saturated heterocycles. The van der Waals surface area contributed by atoms with Gasteiger partial charge in [-0.1, -0.05) is 0 Å². The highest BCUT2D eigenvalue weighted by Gasteiger charge is 2.14. The minimum Gasteiger partial charge on any atom is -0.486 e. The van der Waals surface area contributed by atoms with Crippen molar-refractivity contribution in [1.29, 1.82) is 0 Å². The number of methoxy groups -OCH3 is 1. The molecular formula is C14H17FN2O2S. The summed E-state index contributed by atoms with van der Waals surface area (Å²) < 4.78 is 23.5. The molecule has 0 bridgehead atoms. The number of hydrogen-bond acceptors (Lipinski definition) is 5. The molecule has 0 amide bonds. The van der Waals surface area contributed by atoms with Gasteiger partial charge in [0.05, 0.1) is 12.3 Å². The number of nitrogens with two attached hydrogens (primary N) is 1. The molecule has 2 aromatic rings. The van der Waals surface area contributed by atoms with Crippen LogP contribution in [0.3, 0.4) is 0 Å². The molecule has 0 aliphatic carbocycles. The van der Waals surface area contributed by atoms with E-state index >= 15 is 0 Å². The van der Waals surface area contributed by atoms with Crippen LogP contribution in [0.2, 0.25) is 0 Å². The third-order valence-electron chi connectivity index (χ3n) is 2.64. The minimum absolute atomic E-state index is 0.0859. The van der Waals surface area contributed by atoms with Crippen LogP contribution in [0.4, 0.5) is 4.39 Å². The van der Waals surface area contributed by atoms with Gasteiger partial charge in [-0.25, -0.2) is 9.37 Å². The monoisotopic (exact) mass is 296 g/mol. The van der Waals surface area contributed by atoms with E-state index in [1.807, 2.05) is 6.92 Å². The van der Waals surface area contributed by atoms with Gasteiger partial charge >= 0.3 is 0 Å². The van der Waals surface area contributed by atoms with Gasteiger partial charge in [-0.3, -0.25) is 0 Å². The Labute approximate surface area is 121 Å². The summed E-state index contributed by atoms with van der Waals surface area (Å²) in [5, 5.41) is 0.827. The van der Waals surface area contributed by atoms with E-state index in [2.05, 4.69) is 4.98 Å². The lowest BCUT2D eigenvalue weighted by molar-refractivity contribution is 0.180. The fraction of sp³-hybridized carbons (Fsp3) is 0.357. The van der Waals surface area contributed by atoms with Crippen LogP contribution in [0.5, 0.6) is 5.75 Å². The van der Waals surface area contributed by atoms with E-state index in [0.29, 0.717) is 19.0 Å². The largest absolute Gasteiger partial charge is 0.486 e. The van der Waals surface area contributed by atoms with E-state index in [-0.39, 0.29) is 11.9 Å². The van der Waals surface area contributed by atoms with Crippen molar-refractivity contribution in [2.45, 2.75) is 26.2 Å². The minimum atomic E-state index is -0.284. The van der Waals surface area contributed by atoms with Crippen LogP contribution < -0.4 is 10.5 Å². The molecule has 20 heavy (non-hydrogen) atoms.